The number of oxazole rings is 1. The van der Waals surface area contributed by atoms with E-state index in [0.29, 0.717) is 17.0 Å². The van der Waals surface area contributed by atoms with Crippen molar-refractivity contribution >= 4 is 21.9 Å². The van der Waals surface area contributed by atoms with Gasteiger partial charge in [-0.3, -0.25) is 4.98 Å². The van der Waals surface area contributed by atoms with E-state index >= 15 is 0 Å². The number of phenolic OH excluding ortho intramolecular Hbond substituents is 1. The van der Waals surface area contributed by atoms with Crippen molar-refractivity contribution in [3.05, 3.63) is 102 Å². The number of aromatic nitrogens is 2. The van der Waals surface area contributed by atoms with E-state index in [9.17, 15) is 5.11 Å². The number of phenols is 1. The first-order chi connectivity index (χ1) is 19.0. The number of nitrogens with zero attached hydrogens (tertiary/aromatic N) is 2. The molecule has 2 aromatic heterocycles. The molecule has 0 spiro atoms. The van der Waals surface area contributed by atoms with Gasteiger partial charge in [-0.1, -0.05) is 112 Å². The van der Waals surface area contributed by atoms with Crippen LogP contribution in [0.5, 0.6) is 5.75 Å². The normalized spacial score (nSPS) is 12.0. The van der Waals surface area contributed by atoms with Crippen LogP contribution in [-0.4, -0.2) is 15.1 Å². The second kappa shape index (κ2) is 10.6. The van der Waals surface area contributed by atoms with Crippen LogP contribution in [0.1, 0.15) is 52.7 Å². The third kappa shape index (κ3) is 5.46. The van der Waals surface area contributed by atoms with Crippen LogP contribution in [0.4, 0.5) is 0 Å². The maximum Gasteiger partial charge on any atom is 0.230 e. The molecule has 1 N–H and O–H groups in total. The number of hydrogen-bond acceptors (Lipinski definition) is 4. The van der Waals surface area contributed by atoms with E-state index in [1.54, 1.807) is 12.1 Å². The molecule has 0 aliphatic rings. The van der Waals surface area contributed by atoms with E-state index in [1.165, 1.54) is 5.56 Å². The van der Waals surface area contributed by atoms with E-state index in [2.05, 4.69) is 102 Å². The van der Waals surface area contributed by atoms with Crippen LogP contribution >= 0.6 is 0 Å². The minimum absolute atomic E-state index is 0. The summed E-state index contributed by atoms with van der Waals surface area (Å²) in [7, 11) is 0. The van der Waals surface area contributed by atoms with Crippen LogP contribution in [-0.2, 0) is 31.9 Å². The Hall–Kier alpha value is -3.75. The standard InChI is InChI=1S/C36H33N2O2.Pt/c1-35(2,3)24-15-16-37-30(20-24)29-18-23(17-22-11-7-8-12-26(22)29)28-19-25(36(4,5)6)21-32-33(28)38-34(40-32)27-13-9-10-14-31(27)39;/h7-17,19-21,39H,1-6H3;/q-1;. The summed E-state index contributed by atoms with van der Waals surface area (Å²) >= 11 is 0. The van der Waals surface area contributed by atoms with Crippen LogP contribution in [0, 0.1) is 6.07 Å². The molecule has 4 aromatic carbocycles. The quantitative estimate of drug-likeness (QED) is 0.185. The van der Waals surface area contributed by atoms with Gasteiger partial charge in [0.2, 0.25) is 5.89 Å². The van der Waals surface area contributed by atoms with E-state index in [-0.39, 0.29) is 37.6 Å². The van der Waals surface area contributed by atoms with Crippen LogP contribution in [0.3, 0.4) is 0 Å². The minimum Gasteiger partial charge on any atom is -0.507 e. The Morgan fingerprint density at radius 3 is 2.20 bits per heavy atom. The summed E-state index contributed by atoms with van der Waals surface area (Å²) in [6.07, 6.45) is 1.89. The topological polar surface area (TPSA) is 59.2 Å². The van der Waals surface area contributed by atoms with Crippen molar-refractivity contribution in [2.24, 2.45) is 0 Å². The smallest absolute Gasteiger partial charge is 0.230 e. The number of benzene rings is 4. The molecule has 4 nitrogen and oxygen atoms in total. The van der Waals surface area contributed by atoms with Crippen molar-refractivity contribution in [1.29, 1.82) is 0 Å². The molecule has 0 radical (unpaired) electrons. The van der Waals surface area contributed by atoms with Crippen LogP contribution < -0.4 is 0 Å². The van der Waals surface area contributed by atoms with E-state index in [0.717, 1.165) is 44.2 Å². The summed E-state index contributed by atoms with van der Waals surface area (Å²) in [6, 6.07) is 29.9. The Kier molecular flexibility index (Phi) is 7.42. The molecule has 41 heavy (non-hydrogen) atoms. The molecule has 6 aromatic rings. The first-order valence-electron chi connectivity index (χ1n) is 13.6. The van der Waals surface area contributed by atoms with Gasteiger partial charge in [0.25, 0.3) is 0 Å². The summed E-state index contributed by atoms with van der Waals surface area (Å²) in [5, 5.41) is 12.7. The van der Waals surface area contributed by atoms with Gasteiger partial charge in [0, 0.05) is 33.0 Å². The monoisotopic (exact) mass is 720 g/mol. The molecule has 0 aliphatic carbocycles. The van der Waals surface area contributed by atoms with Crippen molar-refractivity contribution in [2.45, 2.75) is 52.4 Å². The number of fused-ring (bicyclic) bond motifs is 2. The fourth-order valence-corrected chi connectivity index (χ4v) is 5.06. The zero-order chi connectivity index (χ0) is 28.2. The molecule has 0 saturated heterocycles. The van der Waals surface area contributed by atoms with Gasteiger partial charge in [-0.15, -0.1) is 17.7 Å². The Morgan fingerprint density at radius 2 is 1.46 bits per heavy atom. The van der Waals surface area contributed by atoms with Crippen molar-refractivity contribution in [2.75, 3.05) is 0 Å². The molecule has 0 atom stereocenters. The van der Waals surface area contributed by atoms with Crippen molar-refractivity contribution in [1.82, 2.24) is 9.97 Å². The molecule has 0 amide bonds. The molecule has 0 unspecified atom stereocenters. The molecule has 210 valence electrons. The van der Waals surface area contributed by atoms with Gasteiger partial charge in [-0.25, -0.2) is 4.98 Å². The van der Waals surface area contributed by atoms with Crippen LogP contribution in [0.2, 0.25) is 0 Å². The third-order valence-corrected chi connectivity index (χ3v) is 7.46. The first-order valence-corrected chi connectivity index (χ1v) is 13.6. The molecule has 6 rings (SSSR count). The largest absolute Gasteiger partial charge is 0.507 e. The average Bonchev–Trinajstić information content (AvgIpc) is 3.35. The van der Waals surface area contributed by atoms with Gasteiger partial charge in [0.05, 0.1) is 11.1 Å². The number of aromatic hydroxyl groups is 1. The van der Waals surface area contributed by atoms with Gasteiger partial charge in [-0.05, 0) is 46.2 Å². The molecule has 0 fully saturated rings. The number of para-hydroxylation sites is 1. The fraction of sp³-hybridized carbons (Fsp3) is 0.222. The number of hydrogen-bond donors (Lipinski definition) is 1. The summed E-state index contributed by atoms with van der Waals surface area (Å²) < 4.78 is 6.29. The molecule has 0 aliphatic heterocycles. The Balaban J connectivity index is 0.00000337. The Labute approximate surface area is 255 Å². The van der Waals surface area contributed by atoms with Gasteiger partial charge in [0.1, 0.15) is 11.3 Å². The van der Waals surface area contributed by atoms with Gasteiger partial charge in [0.15, 0.2) is 0 Å². The predicted octanol–water partition coefficient (Wildman–Crippen LogP) is 9.48. The average molecular weight is 721 g/mol. The summed E-state index contributed by atoms with van der Waals surface area (Å²) in [5.41, 5.74) is 7.92. The van der Waals surface area contributed by atoms with E-state index in [1.807, 2.05) is 18.3 Å². The van der Waals surface area contributed by atoms with Crippen molar-refractivity contribution < 1.29 is 30.6 Å². The molecule has 5 heteroatoms. The van der Waals surface area contributed by atoms with Gasteiger partial charge >= 0.3 is 0 Å². The molecule has 2 heterocycles. The molecule has 0 bridgehead atoms. The predicted molar refractivity (Wildman–Crippen MR) is 164 cm³/mol. The summed E-state index contributed by atoms with van der Waals surface area (Å²) in [5.74, 6) is 0.525. The minimum atomic E-state index is -0.118. The Morgan fingerprint density at radius 1 is 0.756 bits per heavy atom. The van der Waals surface area contributed by atoms with Crippen LogP contribution in [0.15, 0.2) is 89.5 Å². The van der Waals surface area contributed by atoms with E-state index < -0.39 is 0 Å². The van der Waals surface area contributed by atoms with Crippen molar-refractivity contribution in [3.63, 3.8) is 0 Å². The molecular formula is C36H33N2O2Pt-. The zero-order valence-electron chi connectivity index (χ0n) is 24.1. The maximum absolute atomic E-state index is 10.5. The zero-order valence-corrected chi connectivity index (χ0v) is 26.4. The number of pyridine rings is 1. The Bertz CT molecular complexity index is 1890. The second-order valence-electron chi connectivity index (χ2n) is 12.5. The van der Waals surface area contributed by atoms with Gasteiger partial charge < -0.3 is 9.52 Å². The molecular weight excluding hydrogens is 687 g/mol. The first kappa shape index (κ1) is 28.8. The van der Waals surface area contributed by atoms with Gasteiger partial charge in [-0.2, -0.15) is 0 Å². The third-order valence-electron chi connectivity index (χ3n) is 7.46. The van der Waals surface area contributed by atoms with Crippen LogP contribution in [0.25, 0.3) is 55.7 Å². The SMILES string of the molecule is CC(C)(C)c1ccnc(-c2[c-]c(-c3cc(C(C)(C)C)cc4oc(-c5ccccc5O)nc34)cc3ccccc23)c1.[Pt]. The molecule has 0 saturated carbocycles. The fourth-order valence-electron chi connectivity index (χ4n) is 5.06. The second-order valence-corrected chi connectivity index (χ2v) is 12.5. The van der Waals surface area contributed by atoms with E-state index in [4.69, 9.17) is 14.4 Å². The maximum atomic E-state index is 10.5. The summed E-state index contributed by atoms with van der Waals surface area (Å²) in [6.45, 7) is 13.2. The number of rotatable bonds is 3. The van der Waals surface area contributed by atoms with Crippen molar-refractivity contribution in [3.8, 4) is 39.6 Å². The summed E-state index contributed by atoms with van der Waals surface area (Å²) in [4.78, 5) is 9.70.